The topological polar surface area (TPSA) is 44.4 Å². The molecule has 152 valence electrons. The standard InChI is InChI=1S/C24H23FN4O/c25-17-2-4-19-20-15-29(8-7-22(20)26-23(19)14-17)18-3-5-21-16(13-18)1-6-24(27-21)28-9-11-30-12-10-28/h1-6,13-14,26H,7-12,15H2. The molecule has 0 atom stereocenters. The smallest absolute Gasteiger partial charge is 0.129 e. The predicted molar refractivity (Wildman–Crippen MR) is 118 cm³/mol. The highest BCUT2D eigenvalue weighted by Crippen LogP contribution is 2.32. The number of nitrogens with one attached hydrogen (secondary N) is 1. The first-order chi connectivity index (χ1) is 14.7. The molecule has 30 heavy (non-hydrogen) atoms. The van der Waals surface area contributed by atoms with Crippen LogP contribution in [-0.2, 0) is 17.7 Å². The Morgan fingerprint density at radius 1 is 0.933 bits per heavy atom. The maximum absolute atomic E-state index is 13.6. The summed E-state index contributed by atoms with van der Waals surface area (Å²) in [6, 6.07) is 15.8. The highest BCUT2D eigenvalue weighted by Gasteiger charge is 2.21. The van der Waals surface area contributed by atoms with Gasteiger partial charge in [-0.05, 0) is 48.5 Å². The summed E-state index contributed by atoms with van der Waals surface area (Å²) < 4.78 is 19.0. The molecule has 0 saturated carbocycles. The number of nitrogens with zero attached hydrogens (tertiary/aromatic N) is 3. The minimum atomic E-state index is -0.198. The molecule has 2 aliphatic rings. The van der Waals surface area contributed by atoms with Gasteiger partial charge < -0.3 is 19.5 Å². The van der Waals surface area contributed by atoms with E-state index in [1.165, 1.54) is 16.9 Å². The first-order valence-electron chi connectivity index (χ1n) is 10.5. The molecule has 2 aliphatic heterocycles. The summed E-state index contributed by atoms with van der Waals surface area (Å²) in [5.74, 6) is 0.823. The highest BCUT2D eigenvalue weighted by molar-refractivity contribution is 5.87. The molecule has 0 spiro atoms. The van der Waals surface area contributed by atoms with E-state index in [-0.39, 0.29) is 5.82 Å². The second-order valence-electron chi connectivity index (χ2n) is 8.09. The quantitative estimate of drug-likeness (QED) is 0.544. The molecular formula is C24H23FN4O. The fraction of sp³-hybridized carbons (Fsp3) is 0.292. The molecule has 1 N–H and O–H groups in total. The zero-order valence-electron chi connectivity index (χ0n) is 16.7. The summed E-state index contributed by atoms with van der Waals surface area (Å²) in [5.41, 5.74) is 5.61. The highest BCUT2D eigenvalue weighted by atomic mass is 19.1. The lowest BCUT2D eigenvalue weighted by Gasteiger charge is -2.30. The van der Waals surface area contributed by atoms with Crippen LogP contribution in [0.4, 0.5) is 15.9 Å². The van der Waals surface area contributed by atoms with E-state index in [0.29, 0.717) is 0 Å². The number of anilines is 2. The first-order valence-corrected chi connectivity index (χ1v) is 10.5. The van der Waals surface area contributed by atoms with E-state index < -0.39 is 0 Å². The van der Waals surface area contributed by atoms with Crippen molar-refractivity contribution >= 4 is 33.3 Å². The molecule has 1 saturated heterocycles. The van der Waals surface area contributed by atoms with E-state index in [2.05, 4.69) is 45.1 Å². The number of hydrogen-bond acceptors (Lipinski definition) is 4. The van der Waals surface area contributed by atoms with E-state index in [4.69, 9.17) is 9.72 Å². The number of aromatic nitrogens is 2. The van der Waals surface area contributed by atoms with Gasteiger partial charge in [0.05, 0.1) is 18.7 Å². The molecule has 0 amide bonds. The number of fused-ring (bicyclic) bond motifs is 4. The Hall–Kier alpha value is -3.12. The van der Waals surface area contributed by atoms with Crippen molar-refractivity contribution in [1.29, 1.82) is 0 Å². The number of H-pyrrole nitrogens is 1. The van der Waals surface area contributed by atoms with Crippen LogP contribution in [0.25, 0.3) is 21.8 Å². The van der Waals surface area contributed by atoms with Crippen LogP contribution in [0.1, 0.15) is 11.3 Å². The van der Waals surface area contributed by atoms with Crippen LogP contribution in [-0.4, -0.2) is 42.8 Å². The molecule has 1 fully saturated rings. The third-order valence-corrected chi connectivity index (χ3v) is 6.30. The Morgan fingerprint density at radius 2 is 1.83 bits per heavy atom. The van der Waals surface area contributed by atoms with Gasteiger partial charge >= 0.3 is 0 Å². The van der Waals surface area contributed by atoms with Gasteiger partial charge in [-0.1, -0.05) is 0 Å². The van der Waals surface area contributed by atoms with Crippen LogP contribution in [0.3, 0.4) is 0 Å². The van der Waals surface area contributed by atoms with Crippen LogP contribution in [0, 0.1) is 5.82 Å². The van der Waals surface area contributed by atoms with Gasteiger partial charge in [0.25, 0.3) is 0 Å². The summed E-state index contributed by atoms with van der Waals surface area (Å²) in [5, 5.41) is 2.27. The van der Waals surface area contributed by atoms with E-state index in [0.717, 1.165) is 73.4 Å². The number of morpholine rings is 1. The lowest BCUT2D eigenvalue weighted by molar-refractivity contribution is 0.122. The Bertz CT molecular complexity index is 1240. The Labute approximate surface area is 174 Å². The maximum Gasteiger partial charge on any atom is 0.129 e. The van der Waals surface area contributed by atoms with Crippen molar-refractivity contribution in [1.82, 2.24) is 9.97 Å². The minimum absolute atomic E-state index is 0.198. The number of benzene rings is 2. The third kappa shape index (κ3) is 2.99. The second-order valence-corrected chi connectivity index (χ2v) is 8.09. The van der Waals surface area contributed by atoms with Gasteiger partial charge in [0.1, 0.15) is 11.6 Å². The molecule has 2 aromatic heterocycles. The average Bonchev–Trinajstić information content (AvgIpc) is 3.15. The molecule has 0 aliphatic carbocycles. The van der Waals surface area contributed by atoms with E-state index in [9.17, 15) is 4.39 Å². The average molecular weight is 402 g/mol. The van der Waals surface area contributed by atoms with Crippen molar-refractivity contribution in [2.45, 2.75) is 13.0 Å². The van der Waals surface area contributed by atoms with Gasteiger partial charge in [-0.25, -0.2) is 9.37 Å². The lowest BCUT2D eigenvalue weighted by Crippen LogP contribution is -2.36. The minimum Gasteiger partial charge on any atom is -0.378 e. The SMILES string of the molecule is Fc1ccc2c3c([nH]c2c1)CCN(c1ccc2nc(N4CCOCC4)ccc2c1)C3. The predicted octanol–water partition coefficient (Wildman–Crippen LogP) is 4.25. The molecule has 6 rings (SSSR count). The van der Waals surface area contributed by atoms with Gasteiger partial charge in [-0.2, -0.15) is 0 Å². The molecule has 6 heteroatoms. The van der Waals surface area contributed by atoms with Crippen molar-refractivity contribution in [3.05, 3.63) is 65.6 Å². The zero-order chi connectivity index (χ0) is 20.1. The number of pyridine rings is 1. The number of aromatic amines is 1. The molecule has 4 aromatic rings. The number of hydrogen-bond donors (Lipinski definition) is 1. The zero-order valence-corrected chi connectivity index (χ0v) is 16.7. The summed E-state index contributed by atoms with van der Waals surface area (Å²) in [6.45, 7) is 5.06. The van der Waals surface area contributed by atoms with E-state index in [1.807, 2.05) is 6.07 Å². The van der Waals surface area contributed by atoms with Crippen LogP contribution in [0.2, 0.25) is 0 Å². The Morgan fingerprint density at radius 3 is 2.73 bits per heavy atom. The molecule has 2 aromatic carbocycles. The molecule has 5 nitrogen and oxygen atoms in total. The van der Waals surface area contributed by atoms with Gasteiger partial charge in [0.2, 0.25) is 0 Å². The lowest BCUT2D eigenvalue weighted by atomic mass is 10.0. The summed E-state index contributed by atoms with van der Waals surface area (Å²) in [7, 11) is 0. The maximum atomic E-state index is 13.6. The monoisotopic (exact) mass is 402 g/mol. The van der Waals surface area contributed by atoms with Gasteiger partial charge in [0, 0.05) is 65.8 Å². The first kappa shape index (κ1) is 17.7. The van der Waals surface area contributed by atoms with E-state index >= 15 is 0 Å². The van der Waals surface area contributed by atoms with Crippen LogP contribution < -0.4 is 9.80 Å². The molecule has 0 bridgehead atoms. The second kappa shape index (κ2) is 6.99. The Kier molecular flexibility index (Phi) is 4.13. The molecule has 4 heterocycles. The fourth-order valence-corrected chi connectivity index (χ4v) is 4.68. The third-order valence-electron chi connectivity index (χ3n) is 6.30. The van der Waals surface area contributed by atoms with Gasteiger partial charge in [0.15, 0.2) is 0 Å². The van der Waals surface area contributed by atoms with Gasteiger partial charge in [-0.15, -0.1) is 0 Å². The number of ether oxygens (including phenoxy) is 1. The van der Waals surface area contributed by atoms with Crippen molar-refractivity contribution in [2.24, 2.45) is 0 Å². The van der Waals surface area contributed by atoms with E-state index in [1.54, 1.807) is 12.1 Å². The van der Waals surface area contributed by atoms with Gasteiger partial charge in [-0.3, -0.25) is 0 Å². The normalized spacial score (nSPS) is 17.0. The van der Waals surface area contributed by atoms with Crippen LogP contribution >= 0.6 is 0 Å². The van der Waals surface area contributed by atoms with Crippen LogP contribution in [0.5, 0.6) is 0 Å². The number of halogens is 1. The summed E-state index contributed by atoms with van der Waals surface area (Å²) in [4.78, 5) is 13.0. The van der Waals surface area contributed by atoms with Crippen molar-refractivity contribution < 1.29 is 9.13 Å². The largest absolute Gasteiger partial charge is 0.378 e. The van der Waals surface area contributed by atoms with Crippen molar-refractivity contribution in [3.63, 3.8) is 0 Å². The summed E-state index contributed by atoms with van der Waals surface area (Å²) in [6.07, 6.45) is 0.928. The molecular weight excluding hydrogens is 379 g/mol. The fourth-order valence-electron chi connectivity index (χ4n) is 4.68. The van der Waals surface area contributed by atoms with Crippen LogP contribution in [0.15, 0.2) is 48.5 Å². The Balaban J connectivity index is 1.30. The number of rotatable bonds is 2. The van der Waals surface area contributed by atoms with Crippen molar-refractivity contribution in [2.75, 3.05) is 42.6 Å². The van der Waals surface area contributed by atoms with Crippen molar-refractivity contribution in [3.8, 4) is 0 Å². The molecule has 0 radical (unpaired) electrons. The summed E-state index contributed by atoms with van der Waals surface area (Å²) >= 11 is 0. The molecule has 0 unspecified atom stereocenters.